The molecule has 9 nitrogen and oxygen atoms in total. The Kier molecular flexibility index (Phi) is 6.38. The van der Waals surface area contributed by atoms with Crippen LogP contribution in [-0.2, 0) is 4.74 Å². The highest BCUT2D eigenvalue weighted by atomic mass is 31.2. The normalized spacial score (nSPS) is 34.6. The number of hydrogen-bond acceptors (Lipinski definition) is 8. The molecular weight excluding hydrogens is 349 g/mol. The third-order valence-electron chi connectivity index (χ3n) is 5.09. The van der Waals surface area contributed by atoms with Gasteiger partial charge in [0.2, 0.25) is 0 Å². The molecule has 2 aliphatic rings. The maximum absolute atomic E-state index is 10.3. The lowest BCUT2D eigenvalue weighted by Gasteiger charge is -2.40. The second kappa shape index (κ2) is 8.35. The molecule has 5 N–H and O–H groups in total. The molecule has 0 aromatic carbocycles. The molecule has 1 aromatic rings. The molecule has 1 saturated carbocycles. The summed E-state index contributed by atoms with van der Waals surface area (Å²) >= 11 is 0. The van der Waals surface area contributed by atoms with Crippen LogP contribution in [0.25, 0.3) is 0 Å². The fraction of sp³-hybridized carbons (Fsp3) is 0.867. The van der Waals surface area contributed by atoms with Gasteiger partial charge >= 0.3 is 0 Å². The Bertz CT molecular complexity index is 553. The van der Waals surface area contributed by atoms with E-state index in [1.807, 2.05) is 0 Å². The van der Waals surface area contributed by atoms with Crippen LogP contribution in [0.4, 0.5) is 0 Å². The molecule has 10 heteroatoms. The Morgan fingerprint density at radius 1 is 1.08 bits per heavy atom. The predicted molar refractivity (Wildman–Crippen MR) is 88.6 cm³/mol. The Hall–Kier alpha value is -0.670. The molecule has 3 rings (SSSR count). The predicted octanol–water partition coefficient (Wildman–Crippen LogP) is -0.00750. The lowest BCUT2D eigenvalue weighted by Crippen LogP contribution is -2.54. The number of rotatable bonds is 5. The standard InChI is InChI=1S/C15H26N3O6P/c19-12-11(6-7-25(22)23)24-15(14(21)13(12)20)10-8-18(17-16-10)9-4-2-1-3-5-9/h8-9,11-15,19-23H,1-7H2/t11?,12-,13?,14?,15-/m1/s1. The van der Waals surface area contributed by atoms with Crippen molar-refractivity contribution in [2.75, 3.05) is 6.16 Å². The van der Waals surface area contributed by atoms with Gasteiger partial charge in [0, 0.05) is 6.16 Å². The van der Waals surface area contributed by atoms with Crippen molar-refractivity contribution in [2.45, 2.75) is 75.1 Å². The monoisotopic (exact) mass is 375 g/mol. The van der Waals surface area contributed by atoms with Gasteiger partial charge in [0.25, 0.3) is 0 Å². The van der Waals surface area contributed by atoms with Crippen molar-refractivity contribution in [1.29, 1.82) is 0 Å². The number of aliphatic hydroxyl groups excluding tert-OH is 3. The van der Waals surface area contributed by atoms with Crippen LogP contribution < -0.4 is 0 Å². The molecule has 1 aromatic heterocycles. The number of hydrogen-bond donors (Lipinski definition) is 5. The van der Waals surface area contributed by atoms with Crippen LogP contribution in [0.2, 0.25) is 0 Å². The lowest BCUT2D eigenvalue weighted by molar-refractivity contribution is -0.225. The first-order valence-electron chi connectivity index (χ1n) is 8.74. The van der Waals surface area contributed by atoms with E-state index in [1.54, 1.807) is 10.9 Å². The van der Waals surface area contributed by atoms with Gasteiger partial charge in [-0.25, -0.2) is 4.68 Å². The number of aliphatic hydroxyl groups is 3. The Morgan fingerprint density at radius 2 is 1.80 bits per heavy atom. The molecule has 1 aliphatic heterocycles. The maximum Gasteiger partial charge on any atom is 0.165 e. The summed E-state index contributed by atoms with van der Waals surface area (Å²) in [6.07, 6.45) is 1.82. The van der Waals surface area contributed by atoms with Crippen molar-refractivity contribution >= 4 is 8.38 Å². The van der Waals surface area contributed by atoms with Gasteiger partial charge < -0.3 is 29.8 Å². The molecule has 3 unspecified atom stereocenters. The number of nitrogens with zero attached hydrogens (tertiary/aromatic N) is 3. The van der Waals surface area contributed by atoms with E-state index in [-0.39, 0.29) is 18.6 Å². The molecule has 0 radical (unpaired) electrons. The zero-order chi connectivity index (χ0) is 18.0. The van der Waals surface area contributed by atoms with E-state index >= 15 is 0 Å². The minimum atomic E-state index is -2.11. The van der Waals surface area contributed by atoms with Crippen LogP contribution in [0, 0.1) is 0 Å². The van der Waals surface area contributed by atoms with Crippen molar-refractivity contribution in [2.24, 2.45) is 0 Å². The molecule has 0 amide bonds. The molecule has 25 heavy (non-hydrogen) atoms. The van der Waals surface area contributed by atoms with E-state index in [1.165, 1.54) is 6.42 Å². The fourth-order valence-corrected chi connectivity index (χ4v) is 4.11. The minimum Gasteiger partial charge on any atom is -0.388 e. The summed E-state index contributed by atoms with van der Waals surface area (Å²) in [4.78, 5) is 18.1. The van der Waals surface area contributed by atoms with Crippen molar-refractivity contribution in [3.05, 3.63) is 11.9 Å². The van der Waals surface area contributed by atoms with Crippen molar-refractivity contribution in [3.63, 3.8) is 0 Å². The molecule has 0 bridgehead atoms. The van der Waals surface area contributed by atoms with Gasteiger partial charge in [0.15, 0.2) is 8.38 Å². The number of aromatic nitrogens is 3. The first-order valence-corrected chi connectivity index (χ1v) is 10.2. The zero-order valence-corrected chi connectivity index (χ0v) is 14.8. The molecular formula is C15H26N3O6P. The summed E-state index contributed by atoms with van der Waals surface area (Å²) in [5, 5.41) is 38.7. The molecule has 1 aliphatic carbocycles. The summed E-state index contributed by atoms with van der Waals surface area (Å²) in [5.41, 5.74) is 0.407. The molecule has 1 saturated heterocycles. The quantitative estimate of drug-likeness (QED) is 0.453. The molecule has 5 atom stereocenters. The third kappa shape index (κ3) is 4.36. The van der Waals surface area contributed by atoms with Gasteiger partial charge in [0.1, 0.15) is 30.1 Å². The van der Waals surface area contributed by atoms with Crippen LogP contribution in [-0.4, -0.2) is 70.7 Å². The van der Waals surface area contributed by atoms with Crippen LogP contribution in [0.15, 0.2) is 6.20 Å². The Balaban J connectivity index is 1.72. The van der Waals surface area contributed by atoms with Gasteiger partial charge in [-0.05, 0) is 19.3 Å². The highest BCUT2D eigenvalue weighted by Gasteiger charge is 2.45. The number of ether oxygens (including phenoxy) is 1. The SMILES string of the molecule is OC1C(O)[C@@H](c2cn(C3CCCCC3)nn2)OC(CCP(O)O)[C@H]1O. The average molecular weight is 375 g/mol. The fourth-order valence-electron chi connectivity index (χ4n) is 3.62. The van der Waals surface area contributed by atoms with Gasteiger partial charge in [-0.1, -0.05) is 24.5 Å². The second-order valence-corrected chi connectivity index (χ2v) is 8.06. The lowest BCUT2D eigenvalue weighted by atomic mass is 9.92. The van der Waals surface area contributed by atoms with Crippen LogP contribution in [0.5, 0.6) is 0 Å². The van der Waals surface area contributed by atoms with Crippen molar-refractivity contribution in [1.82, 2.24) is 15.0 Å². The largest absolute Gasteiger partial charge is 0.388 e. The van der Waals surface area contributed by atoms with E-state index in [4.69, 9.17) is 14.5 Å². The smallest absolute Gasteiger partial charge is 0.165 e. The summed E-state index contributed by atoms with van der Waals surface area (Å²) < 4.78 is 7.52. The van der Waals surface area contributed by atoms with E-state index in [0.717, 1.165) is 25.7 Å². The Morgan fingerprint density at radius 3 is 2.48 bits per heavy atom. The first-order chi connectivity index (χ1) is 12.0. The average Bonchev–Trinajstić information content (AvgIpc) is 3.09. The highest BCUT2D eigenvalue weighted by Crippen LogP contribution is 2.35. The van der Waals surface area contributed by atoms with E-state index < -0.39 is 38.9 Å². The molecule has 2 fully saturated rings. The van der Waals surface area contributed by atoms with Gasteiger partial charge in [-0.3, -0.25) is 0 Å². The van der Waals surface area contributed by atoms with Crippen LogP contribution in [0.1, 0.15) is 56.4 Å². The van der Waals surface area contributed by atoms with E-state index in [2.05, 4.69) is 10.3 Å². The van der Waals surface area contributed by atoms with E-state index in [9.17, 15) is 15.3 Å². The molecule has 142 valence electrons. The van der Waals surface area contributed by atoms with Gasteiger partial charge in [-0.2, -0.15) is 0 Å². The minimum absolute atomic E-state index is 0.0569. The van der Waals surface area contributed by atoms with Crippen LogP contribution >= 0.6 is 8.38 Å². The summed E-state index contributed by atoms with van der Waals surface area (Å²) in [5.74, 6) is 0. The summed E-state index contributed by atoms with van der Waals surface area (Å²) in [7, 11) is -2.11. The third-order valence-corrected chi connectivity index (χ3v) is 5.75. The zero-order valence-electron chi connectivity index (χ0n) is 13.9. The van der Waals surface area contributed by atoms with Crippen molar-refractivity contribution < 1.29 is 29.8 Å². The van der Waals surface area contributed by atoms with Gasteiger partial charge in [0.05, 0.1) is 18.3 Å². The summed E-state index contributed by atoms with van der Waals surface area (Å²) in [6.45, 7) is 0. The molecule has 2 heterocycles. The highest BCUT2D eigenvalue weighted by molar-refractivity contribution is 7.45. The van der Waals surface area contributed by atoms with Crippen LogP contribution in [0.3, 0.4) is 0 Å². The van der Waals surface area contributed by atoms with Gasteiger partial charge in [-0.15, -0.1) is 5.10 Å². The van der Waals surface area contributed by atoms with E-state index in [0.29, 0.717) is 5.69 Å². The topological polar surface area (TPSA) is 141 Å². The maximum atomic E-state index is 10.3. The Labute approximate surface area is 147 Å². The first kappa shape index (κ1) is 19.1. The summed E-state index contributed by atoms with van der Waals surface area (Å²) in [6, 6.07) is 0.286. The molecule has 0 spiro atoms. The second-order valence-electron chi connectivity index (χ2n) is 6.87. The van der Waals surface area contributed by atoms with Crippen molar-refractivity contribution in [3.8, 4) is 0 Å².